The summed E-state index contributed by atoms with van der Waals surface area (Å²) in [7, 11) is -4.44. The van der Waals surface area contributed by atoms with E-state index in [0.29, 0.717) is 0 Å². The van der Waals surface area contributed by atoms with Crippen molar-refractivity contribution in [1.82, 2.24) is 0 Å². The quantitative estimate of drug-likeness (QED) is 0.298. The topological polar surface area (TPSA) is 80.3 Å². The molecule has 0 atom stereocenters. The summed E-state index contributed by atoms with van der Waals surface area (Å²) in [5.74, 6) is 0. The minimum absolute atomic E-state index is 0. The van der Waals surface area contributed by atoms with Crippen molar-refractivity contribution < 1.29 is 76.6 Å². The largest absolute Gasteiger partial charge is 1.00 e. The van der Waals surface area contributed by atoms with Gasteiger partial charge in [-0.25, -0.2) is 20.5 Å². The molecule has 0 unspecified atom stereocenters. The van der Waals surface area contributed by atoms with Gasteiger partial charge in [0.1, 0.15) is 10.1 Å². The van der Waals surface area contributed by atoms with Crippen LogP contribution >= 0.6 is 12.0 Å². The number of hydrogen-bond donors (Lipinski definition) is 0. The Balaban J connectivity index is 0. The van der Waals surface area contributed by atoms with Gasteiger partial charge in [0, 0.05) is 0 Å². The molecule has 1 rings (SSSR count). The zero-order valence-electron chi connectivity index (χ0n) is 7.76. The van der Waals surface area contributed by atoms with Gasteiger partial charge in [-0.3, -0.25) is 0 Å². The Bertz CT molecular complexity index is 379. The van der Waals surface area contributed by atoms with Crippen molar-refractivity contribution in [1.29, 1.82) is 0 Å². The summed E-state index contributed by atoms with van der Waals surface area (Å²) >= 11 is 0.146. The Morgan fingerprint density at radius 2 is 1.79 bits per heavy atom. The Kier molecular flexibility index (Phi) is 9.77. The predicted octanol–water partition coefficient (Wildman–Crippen LogP) is -5.18. The molecule has 0 aliphatic heterocycles. The van der Waals surface area contributed by atoms with Gasteiger partial charge >= 0.3 is 59.1 Å². The van der Waals surface area contributed by atoms with E-state index in [1.807, 2.05) is 0 Å². The zero-order chi connectivity index (χ0) is 9.19. The van der Waals surface area contributed by atoms with Crippen LogP contribution in [-0.4, -0.2) is 17.5 Å². The Hall–Kier alpha value is 1.44. The minimum atomic E-state index is -4.44. The molecular weight excluding hydrogens is 246 g/mol. The summed E-state index contributed by atoms with van der Waals surface area (Å²) in [6.45, 7) is 0. The van der Waals surface area contributed by atoms with Gasteiger partial charge in [0.25, 0.3) is 0 Å². The van der Waals surface area contributed by atoms with E-state index < -0.39 is 10.1 Å². The average molecular weight is 250 g/mol. The van der Waals surface area contributed by atoms with Gasteiger partial charge in [-0.1, -0.05) is 6.07 Å². The molecule has 8 heteroatoms. The smallest absolute Gasteiger partial charge is 0.795 e. The molecule has 0 saturated heterocycles. The zero-order valence-corrected chi connectivity index (χ0v) is 13.4. The first-order valence-electron chi connectivity index (χ1n) is 2.90. The molecule has 0 aliphatic rings. The third-order valence-corrected chi connectivity index (χ3v) is 2.47. The maximum absolute atomic E-state index is 10.4. The van der Waals surface area contributed by atoms with Crippen LogP contribution in [0.5, 0.6) is 0 Å². The minimum Gasteiger partial charge on any atom is -0.795 e. The third-order valence-electron chi connectivity index (χ3n) is 1.19. The molecule has 0 fully saturated rings. The molecule has 4 nitrogen and oxygen atoms in total. The summed E-state index contributed by atoms with van der Waals surface area (Å²) in [5, 5.41) is 0. The van der Waals surface area contributed by atoms with Crippen LogP contribution in [0, 0.1) is 0 Å². The van der Waals surface area contributed by atoms with E-state index in [1.54, 1.807) is 0 Å². The van der Waals surface area contributed by atoms with E-state index in [1.165, 1.54) is 12.1 Å². The fourth-order valence-corrected chi connectivity index (χ4v) is 1.58. The third kappa shape index (κ3) is 5.50. The van der Waals surface area contributed by atoms with Crippen molar-refractivity contribution in [3.8, 4) is 0 Å². The van der Waals surface area contributed by atoms with E-state index in [4.69, 9.17) is 0 Å². The van der Waals surface area contributed by atoms with Crippen LogP contribution in [0.3, 0.4) is 0 Å². The maximum Gasteiger partial charge on any atom is 1.00 e. The molecule has 14 heavy (non-hydrogen) atoms. The molecule has 0 saturated carbocycles. The van der Waals surface area contributed by atoms with E-state index in [-0.39, 0.29) is 80.9 Å². The number of rotatable bonds is 2. The van der Waals surface area contributed by atoms with Crippen molar-refractivity contribution in [2.45, 2.75) is 9.79 Å². The first-order chi connectivity index (χ1) is 5.54. The summed E-state index contributed by atoms with van der Waals surface area (Å²) in [4.78, 5) is -0.157. The van der Waals surface area contributed by atoms with Crippen LogP contribution in [0.1, 0.15) is 0 Å². The molecule has 0 heterocycles. The van der Waals surface area contributed by atoms with E-state index in [2.05, 4.69) is 0 Å². The first kappa shape index (κ1) is 17.8. The molecule has 0 aliphatic carbocycles. The summed E-state index contributed by atoms with van der Waals surface area (Å²) in [5.41, 5.74) is 0. The fourth-order valence-electron chi connectivity index (χ4n) is 0.682. The first-order valence-corrected chi connectivity index (χ1v) is 5.05. The Morgan fingerprint density at radius 3 is 2.21 bits per heavy atom. The van der Waals surface area contributed by atoms with E-state index in [9.17, 15) is 17.5 Å². The van der Waals surface area contributed by atoms with Gasteiger partial charge in [-0.15, -0.1) is 0 Å². The Labute approximate surface area is 131 Å². The van der Waals surface area contributed by atoms with Gasteiger partial charge in [-0.05, 0) is 23.1 Å². The second-order valence-electron chi connectivity index (χ2n) is 2.01. The molecule has 1 aromatic rings. The van der Waals surface area contributed by atoms with Crippen LogP contribution in [0.15, 0.2) is 34.1 Å². The van der Waals surface area contributed by atoms with Crippen LogP contribution in [0.4, 0.5) is 0 Å². The van der Waals surface area contributed by atoms with Crippen molar-refractivity contribution in [3.63, 3.8) is 0 Å². The van der Waals surface area contributed by atoms with Gasteiger partial charge in [0.2, 0.25) is 0 Å². The molecule has 0 aromatic heterocycles. The van der Waals surface area contributed by atoms with Gasteiger partial charge < -0.3 is 9.11 Å². The SMILES string of the molecule is O=S(=O)([O-])c1cccc(S[O-])c1.[Na+].[Na+]. The summed E-state index contributed by atoms with van der Waals surface area (Å²) in [6, 6.07) is 5.00. The van der Waals surface area contributed by atoms with Crippen molar-refractivity contribution in [2.24, 2.45) is 0 Å². The average Bonchev–Trinajstić information content (AvgIpc) is 2.03. The van der Waals surface area contributed by atoms with Crippen molar-refractivity contribution in [2.75, 3.05) is 0 Å². The second-order valence-corrected chi connectivity index (χ2v) is 4.03. The molecule has 1 aromatic carbocycles. The summed E-state index contributed by atoms with van der Waals surface area (Å²) in [6.07, 6.45) is 0. The van der Waals surface area contributed by atoms with Gasteiger partial charge in [0.15, 0.2) is 0 Å². The van der Waals surface area contributed by atoms with Crippen LogP contribution in [-0.2, 0) is 10.1 Å². The van der Waals surface area contributed by atoms with Crippen LogP contribution < -0.4 is 59.1 Å². The molecule has 0 bridgehead atoms. The molecule has 0 spiro atoms. The fraction of sp³-hybridized carbons (Fsp3) is 0. The number of hydrogen-bond acceptors (Lipinski definition) is 5. The second kappa shape index (κ2) is 7.67. The maximum atomic E-state index is 10.4. The van der Waals surface area contributed by atoms with Crippen molar-refractivity contribution >= 4 is 22.2 Å². The monoisotopic (exact) mass is 250 g/mol. The molecular formula is C6H4Na2O4S2. The number of benzene rings is 1. The van der Waals surface area contributed by atoms with Crippen LogP contribution in [0.25, 0.3) is 0 Å². The molecule has 0 amide bonds. The van der Waals surface area contributed by atoms with Crippen molar-refractivity contribution in [3.05, 3.63) is 24.3 Å². The summed E-state index contributed by atoms with van der Waals surface area (Å²) < 4.78 is 41.5. The van der Waals surface area contributed by atoms with Gasteiger partial charge in [-0.2, -0.15) is 0 Å². The molecule has 0 N–H and O–H groups in total. The molecule has 0 radical (unpaired) electrons. The van der Waals surface area contributed by atoms with Gasteiger partial charge in [0.05, 0.1) is 4.90 Å². The van der Waals surface area contributed by atoms with Crippen LogP contribution in [0.2, 0.25) is 0 Å². The Morgan fingerprint density at radius 1 is 1.21 bits per heavy atom. The normalized spacial score (nSPS) is 9.86. The molecule has 66 valence electrons. The standard InChI is InChI=1S/C6H6O4S2.2Na/c7-11-5-2-1-3-6(4-5)12(8,9)10;;/h1-4,7H,(H,8,9,10);;/q;2*+1/p-2. The van der Waals surface area contributed by atoms with E-state index >= 15 is 0 Å². The predicted molar refractivity (Wildman–Crippen MR) is 41.0 cm³/mol. The van der Waals surface area contributed by atoms with E-state index in [0.717, 1.165) is 12.1 Å².